The summed E-state index contributed by atoms with van der Waals surface area (Å²) >= 11 is 0. The van der Waals surface area contributed by atoms with E-state index < -0.39 is 10.0 Å². The summed E-state index contributed by atoms with van der Waals surface area (Å²) in [7, 11) is -3.66. The number of hydrogen-bond acceptors (Lipinski definition) is 3. The fourth-order valence-electron chi connectivity index (χ4n) is 2.25. The molecule has 0 aliphatic carbocycles. The Labute approximate surface area is 129 Å². The maximum atomic E-state index is 12.4. The number of hydrogen-bond donors (Lipinski definition) is 2. The number of nitrogens with one attached hydrogen (secondary N) is 1. The number of aromatic hydroxyl groups is 1. The van der Waals surface area contributed by atoms with Crippen LogP contribution in [0.15, 0.2) is 65.6 Å². The third-order valence-corrected chi connectivity index (χ3v) is 4.82. The van der Waals surface area contributed by atoms with Crippen LogP contribution in [0.25, 0.3) is 10.8 Å². The van der Waals surface area contributed by atoms with E-state index in [9.17, 15) is 13.5 Å². The Bertz CT molecular complexity index is 932. The van der Waals surface area contributed by atoms with Crippen molar-refractivity contribution >= 4 is 26.5 Å². The van der Waals surface area contributed by atoms with Crippen LogP contribution >= 0.6 is 0 Å². The van der Waals surface area contributed by atoms with Gasteiger partial charge in [-0.1, -0.05) is 29.8 Å². The van der Waals surface area contributed by atoms with Gasteiger partial charge < -0.3 is 5.11 Å². The normalized spacial score (nSPS) is 11.5. The van der Waals surface area contributed by atoms with Gasteiger partial charge in [-0.15, -0.1) is 0 Å². The molecule has 0 unspecified atom stereocenters. The predicted octanol–water partition coefficient (Wildman–Crippen LogP) is 3.65. The number of sulfonamides is 1. The molecule has 22 heavy (non-hydrogen) atoms. The van der Waals surface area contributed by atoms with Gasteiger partial charge in [0.15, 0.2) is 0 Å². The third kappa shape index (κ3) is 2.76. The Kier molecular flexibility index (Phi) is 3.50. The molecular formula is C17H15NO3S. The van der Waals surface area contributed by atoms with Gasteiger partial charge >= 0.3 is 0 Å². The van der Waals surface area contributed by atoms with Gasteiger partial charge in [0.2, 0.25) is 0 Å². The highest BCUT2D eigenvalue weighted by Gasteiger charge is 2.15. The highest BCUT2D eigenvalue weighted by Crippen LogP contribution is 2.27. The van der Waals surface area contributed by atoms with Crippen LogP contribution in [-0.4, -0.2) is 13.5 Å². The molecule has 0 fully saturated rings. The minimum Gasteiger partial charge on any atom is -0.507 e. The van der Waals surface area contributed by atoms with Crippen molar-refractivity contribution in [3.63, 3.8) is 0 Å². The SMILES string of the molecule is Cc1ccc(NS(=O)(=O)c2ccc3c(O)cccc3c2)cc1. The summed E-state index contributed by atoms with van der Waals surface area (Å²) in [6, 6.07) is 16.8. The van der Waals surface area contributed by atoms with E-state index in [-0.39, 0.29) is 10.6 Å². The molecule has 0 saturated heterocycles. The molecule has 4 nitrogen and oxygen atoms in total. The number of phenols is 1. The number of rotatable bonds is 3. The Hall–Kier alpha value is -2.53. The van der Waals surface area contributed by atoms with Crippen molar-refractivity contribution < 1.29 is 13.5 Å². The van der Waals surface area contributed by atoms with Gasteiger partial charge in [0, 0.05) is 11.1 Å². The monoisotopic (exact) mass is 313 g/mol. The second kappa shape index (κ2) is 5.35. The summed E-state index contributed by atoms with van der Waals surface area (Å²) in [5.41, 5.74) is 1.57. The molecule has 0 aliphatic rings. The maximum Gasteiger partial charge on any atom is 0.261 e. The van der Waals surface area contributed by atoms with E-state index in [0.29, 0.717) is 16.5 Å². The number of fused-ring (bicyclic) bond motifs is 1. The van der Waals surface area contributed by atoms with Crippen LogP contribution in [0.1, 0.15) is 5.56 Å². The number of benzene rings is 3. The standard InChI is InChI=1S/C17H15NO3S/c1-12-5-7-14(8-6-12)18-22(20,21)15-9-10-16-13(11-15)3-2-4-17(16)19/h2-11,18-19H,1H3. The molecule has 3 rings (SSSR count). The van der Waals surface area contributed by atoms with Crippen LogP contribution in [0.4, 0.5) is 5.69 Å². The van der Waals surface area contributed by atoms with E-state index >= 15 is 0 Å². The number of aryl methyl sites for hydroxylation is 1. The van der Waals surface area contributed by atoms with Crippen molar-refractivity contribution in [3.05, 3.63) is 66.2 Å². The summed E-state index contributed by atoms with van der Waals surface area (Å²) in [5.74, 6) is 0.132. The molecule has 0 bridgehead atoms. The van der Waals surface area contributed by atoms with Crippen molar-refractivity contribution in [2.45, 2.75) is 11.8 Å². The average molecular weight is 313 g/mol. The van der Waals surface area contributed by atoms with Crippen LogP contribution in [0.3, 0.4) is 0 Å². The van der Waals surface area contributed by atoms with Crippen LogP contribution in [0.5, 0.6) is 5.75 Å². The zero-order valence-electron chi connectivity index (χ0n) is 11.9. The summed E-state index contributed by atoms with van der Waals surface area (Å²) in [6.45, 7) is 1.94. The van der Waals surface area contributed by atoms with E-state index in [1.165, 1.54) is 6.07 Å². The Morgan fingerprint density at radius 2 is 1.68 bits per heavy atom. The lowest BCUT2D eigenvalue weighted by Gasteiger charge is -2.09. The first-order valence-electron chi connectivity index (χ1n) is 6.77. The van der Waals surface area contributed by atoms with Gasteiger partial charge in [-0.2, -0.15) is 0 Å². The van der Waals surface area contributed by atoms with Crippen molar-refractivity contribution in [1.29, 1.82) is 0 Å². The molecule has 0 heterocycles. The lowest BCUT2D eigenvalue weighted by molar-refractivity contribution is 0.481. The third-order valence-electron chi connectivity index (χ3n) is 3.44. The Morgan fingerprint density at radius 1 is 0.955 bits per heavy atom. The lowest BCUT2D eigenvalue weighted by atomic mass is 10.1. The average Bonchev–Trinajstić information content (AvgIpc) is 2.49. The molecular weight excluding hydrogens is 298 g/mol. The summed E-state index contributed by atoms with van der Waals surface area (Å²) in [6.07, 6.45) is 0. The zero-order valence-corrected chi connectivity index (χ0v) is 12.8. The van der Waals surface area contributed by atoms with E-state index in [0.717, 1.165) is 5.56 Å². The number of anilines is 1. The highest BCUT2D eigenvalue weighted by atomic mass is 32.2. The van der Waals surface area contributed by atoms with Gasteiger partial charge in [0.1, 0.15) is 5.75 Å². The van der Waals surface area contributed by atoms with Crippen molar-refractivity contribution in [2.75, 3.05) is 4.72 Å². The molecule has 0 aromatic heterocycles. The number of phenolic OH excluding ortho intramolecular Hbond substituents is 1. The minimum absolute atomic E-state index is 0.132. The zero-order chi connectivity index (χ0) is 15.7. The first-order chi connectivity index (χ1) is 10.5. The fourth-order valence-corrected chi connectivity index (χ4v) is 3.34. The van der Waals surface area contributed by atoms with Crippen LogP contribution < -0.4 is 4.72 Å². The smallest absolute Gasteiger partial charge is 0.261 e. The summed E-state index contributed by atoms with van der Waals surface area (Å²) < 4.78 is 27.4. The van der Waals surface area contributed by atoms with Crippen LogP contribution in [0.2, 0.25) is 0 Å². The first kappa shape index (κ1) is 14.4. The first-order valence-corrected chi connectivity index (χ1v) is 8.25. The Balaban J connectivity index is 2.00. The molecule has 0 radical (unpaired) electrons. The summed E-state index contributed by atoms with van der Waals surface area (Å²) in [5, 5.41) is 11.1. The van der Waals surface area contributed by atoms with Gasteiger partial charge in [0.05, 0.1) is 4.90 Å². The minimum atomic E-state index is -3.66. The van der Waals surface area contributed by atoms with Crippen LogP contribution in [-0.2, 0) is 10.0 Å². The quantitative estimate of drug-likeness (QED) is 0.775. The topological polar surface area (TPSA) is 66.4 Å². The van der Waals surface area contributed by atoms with Gasteiger partial charge in [0.25, 0.3) is 10.0 Å². The second-order valence-electron chi connectivity index (χ2n) is 5.13. The van der Waals surface area contributed by atoms with Gasteiger partial charge in [-0.05, 0) is 48.7 Å². The highest BCUT2D eigenvalue weighted by molar-refractivity contribution is 7.92. The molecule has 0 aliphatic heterocycles. The molecule has 0 saturated carbocycles. The molecule has 0 atom stereocenters. The van der Waals surface area contributed by atoms with Gasteiger partial charge in [-0.25, -0.2) is 8.42 Å². The molecule has 112 valence electrons. The molecule has 5 heteroatoms. The maximum absolute atomic E-state index is 12.4. The lowest BCUT2D eigenvalue weighted by Crippen LogP contribution is -2.12. The molecule has 3 aromatic carbocycles. The fraction of sp³-hybridized carbons (Fsp3) is 0.0588. The molecule has 2 N–H and O–H groups in total. The van der Waals surface area contributed by atoms with Crippen molar-refractivity contribution in [1.82, 2.24) is 0 Å². The molecule has 0 spiro atoms. The second-order valence-corrected chi connectivity index (χ2v) is 6.81. The van der Waals surface area contributed by atoms with E-state index in [1.54, 1.807) is 42.5 Å². The van der Waals surface area contributed by atoms with E-state index in [4.69, 9.17) is 0 Å². The predicted molar refractivity (Wildman–Crippen MR) is 87.6 cm³/mol. The van der Waals surface area contributed by atoms with Crippen molar-refractivity contribution in [3.8, 4) is 5.75 Å². The van der Waals surface area contributed by atoms with Crippen LogP contribution in [0, 0.1) is 6.92 Å². The molecule has 0 amide bonds. The summed E-state index contributed by atoms with van der Waals surface area (Å²) in [4.78, 5) is 0.158. The van der Waals surface area contributed by atoms with E-state index in [1.807, 2.05) is 19.1 Å². The van der Waals surface area contributed by atoms with E-state index in [2.05, 4.69) is 4.72 Å². The van der Waals surface area contributed by atoms with Crippen molar-refractivity contribution in [2.24, 2.45) is 0 Å². The molecule has 3 aromatic rings. The largest absolute Gasteiger partial charge is 0.507 e. The Morgan fingerprint density at radius 3 is 2.41 bits per heavy atom. The van der Waals surface area contributed by atoms with Gasteiger partial charge in [-0.3, -0.25) is 4.72 Å².